The van der Waals surface area contributed by atoms with Crippen LogP contribution in [0.5, 0.6) is 0 Å². The number of carbonyl (C=O) groups is 1. The highest BCUT2D eigenvalue weighted by atomic mass is 32.2. The molecule has 24 heavy (non-hydrogen) atoms. The lowest BCUT2D eigenvalue weighted by molar-refractivity contribution is 0.102. The van der Waals surface area contributed by atoms with E-state index >= 15 is 0 Å². The summed E-state index contributed by atoms with van der Waals surface area (Å²) in [6, 6.07) is 8.11. The molecule has 0 heterocycles. The summed E-state index contributed by atoms with van der Waals surface area (Å²) in [7, 11) is -4.12. The normalized spacial score (nSPS) is 11.1. The topological polar surface area (TPSA) is 75.3 Å². The number of amides is 1. The second-order valence-corrected chi connectivity index (χ2v) is 6.49. The van der Waals surface area contributed by atoms with Crippen molar-refractivity contribution in [2.75, 3.05) is 11.9 Å². The number of carbonyl (C=O) groups excluding carboxylic acids is 1. The number of benzene rings is 2. The molecule has 0 atom stereocenters. The van der Waals surface area contributed by atoms with Gasteiger partial charge in [-0.2, -0.15) is 0 Å². The summed E-state index contributed by atoms with van der Waals surface area (Å²) >= 11 is 0. The largest absolute Gasteiger partial charge is 0.322 e. The molecule has 2 aromatic rings. The third-order valence-corrected chi connectivity index (χ3v) is 4.42. The Morgan fingerprint density at radius 2 is 1.92 bits per heavy atom. The van der Waals surface area contributed by atoms with Gasteiger partial charge in [0.1, 0.15) is 16.5 Å². The zero-order chi connectivity index (χ0) is 17.7. The molecule has 0 aromatic heterocycles. The van der Waals surface area contributed by atoms with E-state index in [9.17, 15) is 22.0 Å². The Labute approximate surface area is 138 Å². The zero-order valence-corrected chi connectivity index (χ0v) is 13.2. The molecule has 8 heteroatoms. The lowest BCUT2D eigenvalue weighted by Gasteiger charge is -2.09. The van der Waals surface area contributed by atoms with Crippen LogP contribution in [0.2, 0.25) is 0 Å². The second kappa shape index (κ2) is 7.33. The van der Waals surface area contributed by atoms with Crippen molar-refractivity contribution >= 4 is 21.6 Å². The van der Waals surface area contributed by atoms with Crippen molar-refractivity contribution in [2.45, 2.75) is 4.90 Å². The van der Waals surface area contributed by atoms with Crippen LogP contribution in [0.4, 0.5) is 14.5 Å². The van der Waals surface area contributed by atoms with E-state index in [0.717, 1.165) is 24.3 Å². The summed E-state index contributed by atoms with van der Waals surface area (Å²) in [5.74, 6) is -2.22. The number of hydrogen-bond acceptors (Lipinski definition) is 3. The highest BCUT2D eigenvalue weighted by Crippen LogP contribution is 2.18. The molecule has 0 radical (unpaired) electrons. The summed E-state index contributed by atoms with van der Waals surface area (Å²) < 4.78 is 53.1. The first-order valence-corrected chi connectivity index (χ1v) is 8.29. The number of hydrogen-bond donors (Lipinski definition) is 2. The van der Waals surface area contributed by atoms with Gasteiger partial charge >= 0.3 is 0 Å². The Bertz CT molecular complexity index is 883. The zero-order valence-electron chi connectivity index (χ0n) is 12.4. The molecule has 1 amide bonds. The Balaban J connectivity index is 2.30. The number of sulfonamides is 1. The minimum atomic E-state index is -4.12. The molecule has 0 aliphatic rings. The van der Waals surface area contributed by atoms with Gasteiger partial charge in [0.25, 0.3) is 5.91 Å². The Hall–Kier alpha value is -2.58. The molecule has 5 nitrogen and oxygen atoms in total. The third kappa shape index (κ3) is 4.24. The van der Waals surface area contributed by atoms with Crippen molar-refractivity contribution in [1.29, 1.82) is 0 Å². The summed E-state index contributed by atoms with van der Waals surface area (Å²) in [5, 5.41) is 2.41. The van der Waals surface area contributed by atoms with Crippen LogP contribution in [0.15, 0.2) is 60.0 Å². The molecule has 0 saturated heterocycles. The highest BCUT2D eigenvalue weighted by Gasteiger charge is 2.20. The predicted molar refractivity (Wildman–Crippen MR) is 86.1 cm³/mol. The Morgan fingerprint density at radius 1 is 1.17 bits per heavy atom. The van der Waals surface area contributed by atoms with Crippen molar-refractivity contribution in [3.63, 3.8) is 0 Å². The van der Waals surface area contributed by atoms with Gasteiger partial charge in [0.15, 0.2) is 0 Å². The summed E-state index contributed by atoms with van der Waals surface area (Å²) in [6.07, 6.45) is 1.30. The average Bonchev–Trinajstić information content (AvgIpc) is 2.53. The van der Waals surface area contributed by atoms with Crippen LogP contribution < -0.4 is 10.0 Å². The van der Waals surface area contributed by atoms with Gasteiger partial charge in [0.2, 0.25) is 10.0 Å². The summed E-state index contributed by atoms with van der Waals surface area (Å²) in [4.78, 5) is 11.5. The standard InChI is InChI=1S/C16H14F2N2O3S/c1-2-8-19-24(22,23)15-9-11(6-7-14(15)18)16(21)20-13-5-3-4-12(17)10-13/h2-7,9-10,19H,1,8H2,(H,20,21). The van der Waals surface area contributed by atoms with E-state index in [-0.39, 0.29) is 17.8 Å². The first-order valence-electron chi connectivity index (χ1n) is 6.80. The lowest BCUT2D eigenvalue weighted by atomic mass is 10.2. The summed E-state index contributed by atoms with van der Waals surface area (Å²) in [6.45, 7) is 3.28. The van der Waals surface area contributed by atoms with Crippen LogP contribution in [0.1, 0.15) is 10.4 Å². The fraction of sp³-hybridized carbons (Fsp3) is 0.0625. The van der Waals surface area contributed by atoms with Crippen molar-refractivity contribution < 1.29 is 22.0 Å². The van der Waals surface area contributed by atoms with Gasteiger partial charge in [0, 0.05) is 17.8 Å². The van der Waals surface area contributed by atoms with Crippen LogP contribution in [0, 0.1) is 11.6 Å². The first-order chi connectivity index (χ1) is 11.3. The molecule has 126 valence electrons. The van der Waals surface area contributed by atoms with E-state index in [4.69, 9.17) is 0 Å². The maximum Gasteiger partial charge on any atom is 0.255 e. The Kier molecular flexibility index (Phi) is 5.42. The molecule has 2 rings (SSSR count). The average molecular weight is 352 g/mol. The highest BCUT2D eigenvalue weighted by molar-refractivity contribution is 7.89. The van der Waals surface area contributed by atoms with E-state index in [1.165, 1.54) is 24.3 Å². The summed E-state index contributed by atoms with van der Waals surface area (Å²) in [5.41, 5.74) is 0.109. The van der Waals surface area contributed by atoms with Crippen LogP contribution in [0.25, 0.3) is 0 Å². The minimum absolute atomic E-state index is 0.0819. The van der Waals surface area contributed by atoms with Crippen molar-refractivity contribution in [3.05, 3.63) is 72.3 Å². The number of nitrogens with one attached hydrogen (secondary N) is 2. The second-order valence-electron chi connectivity index (χ2n) is 4.75. The fourth-order valence-electron chi connectivity index (χ4n) is 1.87. The minimum Gasteiger partial charge on any atom is -0.322 e. The van der Waals surface area contributed by atoms with Crippen LogP contribution in [0.3, 0.4) is 0 Å². The van der Waals surface area contributed by atoms with Crippen LogP contribution in [-0.2, 0) is 10.0 Å². The van der Waals surface area contributed by atoms with E-state index in [1.807, 2.05) is 0 Å². The molecule has 2 N–H and O–H groups in total. The van der Waals surface area contributed by atoms with E-state index in [2.05, 4.69) is 16.6 Å². The van der Waals surface area contributed by atoms with Crippen LogP contribution >= 0.6 is 0 Å². The van der Waals surface area contributed by atoms with Gasteiger partial charge in [-0.05, 0) is 36.4 Å². The lowest BCUT2D eigenvalue weighted by Crippen LogP contribution is -2.25. The monoisotopic (exact) mass is 352 g/mol. The molecular weight excluding hydrogens is 338 g/mol. The van der Waals surface area contributed by atoms with Gasteiger partial charge in [0.05, 0.1) is 0 Å². The van der Waals surface area contributed by atoms with Gasteiger partial charge in [-0.3, -0.25) is 4.79 Å². The quantitative estimate of drug-likeness (QED) is 0.785. The molecule has 0 bridgehead atoms. The van der Waals surface area contributed by atoms with Gasteiger partial charge < -0.3 is 5.32 Å². The van der Waals surface area contributed by atoms with Gasteiger partial charge in [-0.15, -0.1) is 6.58 Å². The molecular formula is C16H14F2N2O3S. The first kappa shape index (κ1) is 17.8. The maximum absolute atomic E-state index is 13.8. The molecule has 0 aliphatic carbocycles. The van der Waals surface area contributed by atoms with Crippen LogP contribution in [-0.4, -0.2) is 20.9 Å². The van der Waals surface area contributed by atoms with E-state index in [1.54, 1.807) is 0 Å². The van der Waals surface area contributed by atoms with E-state index in [0.29, 0.717) is 0 Å². The van der Waals surface area contributed by atoms with Crippen molar-refractivity contribution in [1.82, 2.24) is 4.72 Å². The molecule has 0 spiro atoms. The van der Waals surface area contributed by atoms with E-state index < -0.39 is 32.5 Å². The SMILES string of the molecule is C=CCNS(=O)(=O)c1cc(C(=O)Nc2cccc(F)c2)ccc1F. The van der Waals surface area contributed by atoms with Gasteiger partial charge in [-0.25, -0.2) is 21.9 Å². The fourth-order valence-corrected chi connectivity index (χ4v) is 2.97. The third-order valence-electron chi connectivity index (χ3n) is 2.98. The molecule has 0 aliphatic heterocycles. The number of halogens is 2. The maximum atomic E-state index is 13.8. The number of rotatable bonds is 6. The molecule has 2 aromatic carbocycles. The smallest absolute Gasteiger partial charge is 0.255 e. The van der Waals surface area contributed by atoms with Gasteiger partial charge in [-0.1, -0.05) is 12.1 Å². The Morgan fingerprint density at radius 3 is 2.58 bits per heavy atom. The molecule has 0 saturated carbocycles. The number of anilines is 1. The predicted octanol–water partition coefficient (Wildman–Crippen LogP) is 2.68. The molecule has 0 unspecified atom stereocenters. The van der Waals surface area contributed by atoms with Crippen molar-refractivity contribution in [2.24, 2.45) is 0 Å². The van der Waals surface area contributed by atoms with Crippen molar-refractivity contribution in [3.8, 4) is 0 Å². The molecule has 0 fully saturated rings.